The van der Waals surface area contributed by atoms with Gasteiger partial charge in [-0.15, -0.1) is 0 Å². The minimum absolute atomic E-state index is 1.30. The number of benzene rings is 4. The third kappa shape index (κ3) is 1.48. The predicted octanol–water partition coefficient (Wildman–Crippen LogP) is 4.76. The molecule has 0 nitrogen and oxygen atoms in total. The molecule has 0 N–H and O–H groups in total. The third-order valence-electron chi connectivity index (χ3n) is 5.34. The van der Waals surface area contributed by atoms with E-state index in [1.807, 2.05) is 0 Å². The van der Waals surface area contributed by atoms with Crippen LogP contribution in [0.1, 0.15) is 11.1 Å². The molecule has 0 fully saturated rings. The highest BCUT2D eigenvalue weighted by atomic mass is 14.2. The Bertz CT molecular complexity index is 1270. The lowest BCUT2D eigenvalue weighted by Crippen LogP contribution is -2.17. The smallest absolute Gasteiger partial charge is 0.00926 e. The first-order valence-electron chi connectivity index (χ1n) is 8.37. The second-order valence-corrected chi connectivity index (χ2v) is 6.65. The summed E-state index contributed by atoms with van der Waals surface area (Å²) in [6.45, 7) is 0. The summed E-state index contributed by atoms with van der Waals surface area (Å²) in [5.74, 6) is 0. The molecule has 24 heavy (non-hydrogen) atoms. The first kappa shape index (κ1) is 12.3. The van der Waals surface area contributed by atoms with Gasteiger partial charge in [0, 0.05) is 0 Å². The van der Waals surface area contributed by atoms with Crippen molar-refractivity contribution in [2.75, 3.05) is 0 Å². The zero-order valence-corrected chi connectivity index (χ0v) is 13.1. The van der Waals surface area contributed by atoms with Crippen molar-refractivity contribution in [3.63, 3.8) is 0 Å². The molecule has 0 amide bonds. The Morgan fingerprint density at radius 1 is 0.500 bits per heavy atom. The Morgan fingerprint density at radius 3 is 1.50 bits per heavy atom. The van der Waals surface area contributed by atoms with Crippen LogP contribution < -0.4 is 10.4 Å². The number of fused-ring (bicyclic) bond motifs is 8. The summed E-state index contributed by atoms with van der Waals surface area (Å²) in [5, 5.41) is 10.7. The van der Waals surface area contributed by atoms with Crippen molar-refractivity contribution in [3.8, 4) is 0 Å². The van der Waals surface area contributed by atoms with Crippen molar-refractivity contribution in [2.24, 2.45) is 0 Å². The van der Waals surface area contributed by atoms with Crippen molar-refractivity contribution in [1.29, 1.82) is 0 Å². The molecule has 0 saturated heterocycles. The quantitative estimate of drug-likeness (QED) is 0.411. The summed E-state index contributed by atoms with van der Waals surface area (Å²) < 4.78 is 0. The first-order valence-corrected chi connectivity index (χ1v) is 8.37. The Hall–Kier alpha value is -3.12. The molecule has 0 radical (unpaired) electrons. The van der Waals surface area contributed by atoms with Crippen LogP contribution in [-0.4, -0.2) is 0 Å². The van der Waals surface area contributed by atoms with Gasteiger partial charge in [-0.1, -0.05) is 60.7 Å². The van der Waals surface area contributed by atoms with Crippen LogP contribution in [0, 0.1) is 0 Å². The van der Waals surface area contributed by atoms with Crippen molar-refractivity contribution < 1.29 is 0 Å². The minimum Gasteiger partial charge on any atom is -0.0616 e. The van der Waals surface area contributed by atoms with Gasteiger partial charge < -0.3 is 0 Å². The molecule has 4 aromatic rings. The van der Waals surface area contributed by atoms with Crippen molar-refractivity contribution >= 4 is 56.6 Å². The van der Waals surface area contributed by atoms with Crippen LogP contribution in [0.25, 0.3) is 56.6 Å². The van der Waals surface area contributed by atoms with E-state index < -0.39 is 0 Å². The molecule has 2 aliphatic rings. The van der Waals surface area contributed by atoms with Gasteiger partial charge in [-0.2, -0.15) is 0 Å². The van der Waals surface area contributed by atoms with Crippen LogP contribution in [-0.2, 0) is 0 Å². The van der Waals surface area contributed by atoms with Crippen LogP contribution in [0.5, 0.6) is 0 Å². The average molecular weight is 302 g/mol. The van der Waals surface area contributed by atoms with E-state index in [4.69, 9.17) is 0 Å². The maximum atomic E-state index is 2.37. The summed E-state index contributed by atoms with van der Waals surface area (Å²) in [4.78, 5) is 0. The summed E-state index contributed by atoms with van der Waals surface area (Å²) in [7, 11) is 0. The minimum atomic E-state index is 1.30. The third-order valence-corrected chi connectivity index (χ3v) is 5.34. The highest BCUT2D eigenvalue weighted by Gasteiger charge is 2.13. The van der Waals surface area contributed by atoms with Gasteiger partial charge >= 0.3 is 0 Å². The highest BCUT2D eigenvalue weighted by molar-refractivity contribution is 6.07. The fraction of sp³-hybridized carbons (Fsp3) is 0. The highest BCUT2D eigenvalue weighted by Crippen LogP contribution is 2.27. The molecule has 0 spiro atoms. The van der Waals surface area contributed by atoms with Gasteiger partial charge in [-0.3, -0.25) is 0 Å². The van der Waals surface area contributed by atoms with E-state index >= 15 is 0 Å². The Balaban J connectivity index is 1.88. The molecule has 110 valence electrons. The van der Waals surface area contributed by atoms with E-state index in [1.165, 1.54) is 53.9 Å². The summed E-state index contributed by atoms with van der Waals surface area (Å²) >= 11 is 0. The van der Waals surface area contributed by atoms with Crippen LogP contribution in [0.15, 0.2) is 60.7 Å². The van der Waals surface area contributed by atoms with E-state index in [1.54, 1.807) is 0 Å². The van der Waals surface area contributed by atoms with Crippen molar-refractivity contribution in [2.45, 2.75) is 0 Å². The van der Waals surface area contributed by atoms with Gasteiger partial charge in [0.05, 0.1) is 0 Å². The molecule has 0 aliphatic heterocycles. The molecule has 6 rings (SSSR count). The molecular weight excluding hydrogens is 288 g/mol. The van der Waals surface area contributed by atoms with Crippen LogP contribution in [0.2, 0.25) is 0 Å². The molecule has 0 aromatic heterocycles. The van der Waals surface area contributed by atoms with E-state index in [2.05, 4.69) is 85.0 Å². The van der Waals surface area contributed by atoms with Gasteiger partial charge in [0.2, 0.25) is 0 Å². The van der Waals surface area contributed by atoms with Gasteiger partial charge in [-0.05, 0) is 78.1 Å². The summed E-state index contributed by atoms with van der Waals surface area (Å²) in [6, 6.07) is 18.0. The number of hydrogen-bond acceptors (Lipinski definition) is 0. The van der Waals surface area contributed by atoms with Crippen LogP contribution >= 0.6 is 0 Å². The number of hydrogen-bond donors (Lipinski definition) is 0. The molecular formula is C24H14. The molecule has 0 heterocycles. The largest absolute Gasteiger partial charge is 0.0616 e. The van der Waals surface area contributed by atoms with Crippen molar-refractivity contribution in [3.05, 3.63) is 82.2 Å². The molecule has 4 aromatic carbocycles. The Morgan fingerprint density at radius 2 is 1.00 bits per heavy atom. The molecule has 0 atom stereocenters. The van der Waals surface area contributed by atoms with Crippen LogP contribution in [0.3, 0.4) is 0 Å². The maximum absolute atomic E-state index is 2.37. The average Bonchev–Trinajstić information content (AvgIpc) is 3.27. The standard InChI is InChI=1S/C24H14/c1-2-6-16-12-18-14-24-22-10-4-8-20(22)19-7-3-9-21(19)23(24)13-17(18)11-15(16)5-1/h1-14H. The van der Waals surface area contributed by atoms with Gasteiger partial charge in [-0.25, -0.2) is 0 Å². The summed E-state index contributed by atoms with van der Waals surface area (Å²) in [5.41, 5.74) is 2.73. The lowest BCUT2D eigenvalue weighted by Gasteiger charge is -2.09. The lowest BCUT2D eigenvalue weighted by molar-refractivity contribution is 1.59. The normalized spacial score (nSPS) is 14.2. The number of allylic oxidation sites excluding steroid dienone is 2. The fourth-order valence-corrected chi connectivity index (χ4v) is 4.22. The molecule has 0 saturated carbocycles. The maximum Gasteiger partial charge on any atom is -0.00926 e. The van der Waals surface area contributed by atoms with Crippen LogP contribution in [0.4, 0.5) is 0 Å². The lowest BCUT2D eigenvalue weighted by atomic mass is 9.94. The monoisotopic (exact) mass is 302 g/mol. The SMILES string of the molecule is C1=Cc2c3c(c4cc5cc6ccccc6cc5cc4c2=C1)=CC=C3. The second kappa shape index (κ2) is 4.24. The van der Waals surface area contributed by atoms with E-state index in [9.17, 15) is 0 Å². The zero-order chi connectivity index (χ0) is 15.7. The predicted molar refractivity (Wildman–Crippen MR) is 105 cm³/mol. The molecule has 0 heteroatoms. The second-order valence-electron chi connectivity index (χ2n) is 6.65. The Kier molecular flexibility index (Phi) is 2.18. The van der Waals surface area contributed by atoms with E-state index in [-0.39, 0.29) is 0 Å². The molecule has 0 unspecified atom stereocenters. The van der Waals surface area contributed by atoms with Gasteiger partial charge in [0.15, 0.2) is 0 Å². The molecule has 2 aliphatic carbocycles. The Labute approximate surface area is 139 Å². The fourth-order valence-electron chi connectivity index (χ4n) is 4.22. The van der Waals surface area contributed by atoms with Crippen molar-refractivity contribution in [1.82, 2.24) is 0 Å². The summed E-state index contributed by atoms with van der Waals surface area (Å²) in [6.07, 6.45) is 13.3. The topological polar surface area (TPSA) is 0 Å². The number of rotatable bonds is 0. The molecule has 0 bridgehead atoms. The van der Waals surface area contributed by atoms with E-state index in [0.717, 1.165) is 0 Å². The zero-order valence-electron chi connectivity index (χ0n) is 13.1. The first-order chi connectivity index (χ1) is 11.9. The van der Waals surface area contributed by atoms with E-state index in [0.29, 0.717) is 0 Å². The van der Waals surface area contributed by atoms with Gasteiger partial charge in [0.25, 0.3) is 0 Å². The van der Waals surface area contributed by atoms with Gasteiger partial charge in [0.1, 0.15) is 0 Å².